The molecule has 3 aliphatic rings. The Bertz CT molecular complexity index is 454. The Morgan fingerprint density at radius 2 is 1.71 bits per heavy atom. The van der Waals surface area contributed by atoms with Crippen LogP contribution in [-0.4, -0.2) is 0 Å². The van der Waals surface area contributed by atoms with Gasteiger partial charge in [0.1, 0.15) is 0 Å². The minimum absolute atomic E-state index is 0.183. The fraction of sp³-hybridized carbons (Fsp3) is 0.533. The lowest BCUT2D eigenvalue weighted by Crippen LogP contribution is -2.37. The van der Waals surface area contributed by atoms with E-state index in [0.29, 0.717) is 17.8 Å². The van der Waals surface area contributed by atoms with Gasteiger partial charge in [0.05, 0.1) is 12.0 Å². The van der Waals surface area contributed by atoms with E-state index in [2.05, 4.69) is 12.1 Å². The predicted octanol–water partition coefficient (Wildman–Crippen LogP) is 4.38. The first kappa shape index (κ1) is 11.1. The molecular weight excluding hydrogens is 230 g/mol. The molecule has 2 atom stereocenters. The predicted molar refractivity (Wildman–Crippen MR) is 68.7 cm³/mol. The number of hydrogen-bond donors (Lipinski definition) is 0. The lowest BCUT2D eigenvalue weighted by atomic mass is 9.57. The third kappa shape index (κ3) is 1.76. The van der Waals surface area contributed by atoms with E-state index in [1.165, 1.54) is 31.2 Å². The summed E-state index contributed by atoms with van der Waals surface area (Å²) in [7, 11) is 0. The molecule has 3 aliphatic carbocycles. The summed E-state index contributed by atoms with van der Waals surface area (Å²) >= 11 is 6.31. The van der Waals surface area contributed by atoms with E-state index < -0.39 is 0 Å². The largest absolute Gasteiger partial charge is 0.198 e. The normalized spacial score (nSPS) is 35.5. The molecule has 0 N–H and O–H groups in total. The maximum Gasteiger partial charge on any atom is 0.0665 e. The molecule has 1 aromatic carbocycles. The average molecular weight is 246 g/mol. The number of halogens is 1. The van der Waals surface area contributed by atoms with E-state index >= 15 is 0 Å². The lowest BCUT2D eigenvalue weighted by Gasteiger charge is -2.46. The van der Waals surface area contributed by atoms with Crippen LogP contribution < -0.4 is 0 Å². The van der Waals surface area contributed by atoms with Crippen molar-refractivity contribution in [3.05, 3.63) is 34.9 Å². The van der Waals surface area contributed by atoms with Crippen molar-refractivity contribution < 1.29 is 0 Å². The van der Waals surface area contributed by atoms with Crippen LogP contribution in [0.15, 0.2) is 24.3 Å². The summed E-state index contributed by atoms with van der Waals surface area (Å²) in [5.41, 5.74) is 1.20. The Morgan fingerprint density at radius 3 is 2.35 bits per heavy atom. The molecular formula is C15H16ClN. The van der Waals surface area contributed by atoms with Crippen LogP contribution in [0.3, 0.4) is 0 Å². The summed E-state index contributed by atoms with van der Waals surface area (Å²) in [5, 5.41) is 10.3. The topological polar surface area (TPSA) is 23.8 Å². The van der Waals surface area contributed by atoms with E-state index in [1.807, 2.05) is 18.2 Å². The molecule has 88 valence electrons. The second kappa shape index (κ2) is 4.35. The fourth-order valence-corrected chi connectivity index (χ4v) is 4.09. The van der Waals surface area contributed by atoms with E-state index in [-0.39, 0.29) is 5.92 Å². The number of nitrogens with zero attached hydrogens (tertiary/aromatic N) is 1. The molecule has 0 aromatic heterocycles. The van der Waals surface area contributed by atoms with Crippen LogP contribution >= 0.6 is 11.6 Å². The molecule has 0 heterocycles. The van der Waals surface area contributed by atoms with Crippen LogP contribution in [0.2, 0.25) is 5.02 Å². The number of fused-ring (bicyclic) bond motifs is 3. The Hall–Kier alpha value is -1.00. The summed E-state index contributed by atoms with van der Waals surface area (Å²) in [4.78, 5) is 0. The van der Waals surface area contributed by atoms with Gasteiger partial charge < -0.3 is 0 Å². The van der Waals surface area contributed by atoms with E-state index in [4.69, 9.17) is 11.6 Å². The van der Waals surface area contributed by atoms with Crippen molar-refractivity contribution in [1.29, 1.82) is 5.26 Å². The third-order valence-electron chi connectivity index (χ3n) is 4.63. The zero-order chi connectivity index (χ0) is 11.8. The van der Waals surface area contributed by atoms with Crippen molar-refractivity contribution in [3.63, 3.8) is 0 Å². The van der Waals surface area contributed by atoms with Gasteiger partial charge in [-0.3, -0.25) is 0 Å². The van der Waals surface area contributed by atoms with Gasteiger partial charge >= 0.3 is 0 Å². The Kier molecular flexibility index (Phi) is 2.84. The summed E-state index contributed by atoms with van der Waals surface area (Å²) in [5.74, 6) is 1.83. The van der Waals surface area contributed by atoms with Gasteiger partial charge in [-0.1, -0.05) is 29.8 Å². The molecule has 3 saturated carbocycles. The van der Waals surface area contributed by atoms with Crippen molar-refractivity contribution in [3.8, 4) is 6.07 Å². The molecule has 4 rings (SSSR count). The van der Waals surface area contributed by atoms with Crippen molar-refractivity contribution in [1.82, 2.24) is 0 Å². The first-order valence-corrected chi connectivity index (χ1v) is 6.83. The van der Waals surface area contributed by atoms with Gasteiger partial charge in [-0.25, -0.2) is 0 Å². The minimum atomic E-state index is 0.183. The van der Waals surface area contributed by atoms with Crippen LogP contribution in [0.25, 0.3) is 0 Å². The molecule has 17 heavy (non-hydrogen) atoms. The van der Waals surface area contributed by atoms with Crippen LogP contribution in [-0.2, 0) is 0 Å². The van der Waals surface area contributed by atoms with Crippen molar-refractivity contribution in [2.45, 2.75) is 31.6 Å². The fourth-order valence-electron chi connectivity index (χ4n) is 3.83. The zero-order valence-electron chi connectivity index (χ0n) is 9.77. The number of nitriles is 1. The lowest BCUT2D eigenvalue weighted by molar-refractivity contribution is 0.101. The SMILES string of the molecule is N#C[C@@H]1C2CCC(CC2)[C@@H]1c1ccccc1Cl. The Morgan fingerprint density at radius 1 is 1.06 bits per heavy atom. The average Bonchev–Trinajstić information content (AvgIpc) is 2.39. The second-order valence-electron chi connectivity index (χ2n) is 5.38. The van der Waals surface area contributed by atoms with Gasteiger partial charge in [0.25, 0.3) is 0 Å². The highest BCUT2D eigenvalue weighted by Crippen LogP contribution is 2.54. The summed E-state index contributed by atoms with van der Waals surface area (Å²) in [6.07, 6.45) is 5.03. The van der Waals surface area contributed by atoms with Crippen LogP contribution in [0.5, 0.6) is 0 Å². The maximum atomic E-state index is 9.44. The van der Waals surface area contributed by atoms with Crippen LogP contribution in [0.4, 0.5) is 0 Å². The molecule has 2 heteroatoms. The van der Waals surface area contributed by atoms with E-state index in [0.717, 1.165) is 5.02 Å². The van der Waals surface area contributed by atoms with Gasteiger partial charge in [-0.15, -0.1) is 0 Å². The molecule has 0 spiro atoms. The monoisotopic (exact) mass is 245 g/mol. The highest BCUT2D eigenvalue weighted by atomic mass is 35.5. The minimum Gasteiger partial charge on any atom is -0.198 e. The van der Waals surface area contributed by atoms with Crippen LogP contribution in [0.1, 0.15) is 37.2 Å². The zero-order valence-corrected chi connectivity index (χ0v) is 10.5. The van der Waals surface area contributed by atoms with Crippen molar-refractivity contribution in [2.75, 3.05) is 0 Å². The van der Waals surface area contributed by atoms with Gasteiger partial charge in [-0.2, -0.15) is 5.26 Å². The first-order chi connectivity index (χ1) is 8.31. The van der Waals surface area contributed by atoms with E-state index in [1.54, 1.807) is 0 Å². The van der Waals surface area contributed by atoms with Gasteiger partial charge in [0, 0.05) is 10.9 Å². The van der Waals surface area contributed by atoms with Crippen molar-refractivity contribution in [2.24, 2.45) is 17.8 Å². The Labute approximate surface area is 107 Å². The van der Waals surface area contributed by atoms with Gasteiger partial charge in [0.2, 0.25) is 0 Å². The molecule has 1 aromatic rings. The number of benzene rings is 1. The standard InChI is InChI=1S/C15H16ClN/c16-14-4-2-1-3-12(14)15-11-7-5-10(6-8-11)13(15)9-17/h1-4,10-11,13,15H,5-8H2/t10?,11?,13-,15-/m1/s1. The van der Waals surface area contributed by atoms with Gasteiger partial charge in [-0.05, 0) is 49.1 Å². The number of hydrogen-bond acceptors (Lipinski definition) is 1. The van der Waals surface area contributed by atoms with Crippen molar-refractivity contribution >= 4 is 11.6 Å². The maximum absolute atomic E-state index is 9.44. The highest BCUT2D eigenvalue weighted by Gasteiger charge is 2.44. The quantitative estimate of drug-likeness (QED) is 0.720. The molecule has 0 radical (unpaired) electrons. The van der Waals surface area contributed by atoms with E-state index in [9.17, 15) is 5.26 Å². The molecule has 0 saturated heterocycles. The molecule has 0 unspecified atom stereocenters. The summed E-state index contributed by atoms with van der Waals surface area (Å²) in [6.45, 7) is 0. The summed E-state index contributed by atoms with van der Waals surface area (Å²) in [6, 6.07) is 10.6. The smallest absolute Gasteiger partial charge is 0.0665 e. The van der Waals surface area contributed by atoms with Gasteiger partial charge in [0.15, 0.2) is 0 Å². The third-order valence-corrected chi connectivity index (χ3v) is 4.98. The number of rotatable bonds is 1. The molecule has 3 fully saturated rings. The highest BCUT2D eigenvalue weighted by molar-refractivity contribution is 6.31. The Balaban J connectivity index is 2.02. The second-order valence-corrected chi connectivity index (χ2v) is 5.78. The molecule has 0 amide bonds. The first-order valence-electron chi connectivity index (χ1n) is 6.45. The molecule has 1 nitrogen and oxygen atoms in total. The molecule has 2 bridgehead atoms. The molecule has 0 aliphatic heterocycles. The van der Waals surface area contributed by atoms with Crippen LogP contribution in [0, 0.1) is 29.1 Å². The summed E-state index contributed by atoms with van der Waals surface area (Å²) < 4.78 is 0.